The zero-order chi connectivity index (χ0) is 12.2. The van der Waals surface area contributed by atoms with Gasteiger partial charge in [0, 0.05) is 35.2 Å². The first-order valence-corrected chi connectivity index (χ1v) is 6.52. The zero-order valence-electron chi connectivity index (χ0n) is 9.63. The molecule has 5 heteroatoms. The highest BCUT2D eigenvalue weighted by Gasteiger charge is 2.00. The van der Waals surface area contributed by atoms with E-state index in [1.165, 1.54) is 0 Å². The number of anilines is 1. The third-order valence-electron chi connectivity index (χ3n) is 2.58. The first kappa shape index (κ1) is 11.0. The van der Waals surface area contributed by atoms with Crippen LogP contribution in [0.25, 0.3) is 10.6 Å². The van der Waals surface area contributed by atoms with Crippen LogP contribution in [0, 0.1) is 0 Å². The topological polar surface area (TPSA) is 53.6 Å². The van der Waals surface area contributed by atoms with Crippen molar-refractivity contribution in [3.05, 3.63) is 54.1 Å². The van der Waals surface area contributed by atoms with E-state index in [1.54, 1.807) is 17.5 Å². The zero-order valence-corrected chi connectivity index (χ0v) is 10.4. The Morgan fingerprint density at radius 3 is 2.67 bits per heavy atom. The van der Waals surface area contributed by atoms with Crippen LogP contribution in [-0.4, -0.2) is 15.0 Å². The summed E-state index contributed by atoms with van der Waals surface area (Å²) in [4.78, 5) is 11.5. The highest BCUT2D eigenvalue weighted by molar-refractivity contribution is 7.13. The molecule has 0 radical (unpaired) electrons. The number of aromatic nitrogens is 3. The van der Waals surface area contributed by atoms with Crippen LogP contribution >= 0.6 is 11.3 Å². The molecule has 0 aliphatic rings. The van der Waals surface area contributed by atoms with Gasteiger partial charge in [-0.1, -0.05) is 0 Å². The van der Waals surface area contributed by atoms with Crippen LogP contribution < -0.4 is 5.32 Å². The maximum Gasteiger partial charge on any atom is 0.125 e. The van der Waals surface area contributed by atoms with Crippen molar-refractivity contribution < 1.29 is 0 Å². The maximum absolute atomic E-state index is 4.29. The molecule has 0 saturated carbocycles. The first-order chi connectivity index (χ1) is 8.92. The number of nitrogens with one attached hydrogen (secondary N) is 2. The van der Waals surface area contributed by atoms with Crippen molar-refractivity contribution in [1.82, 2.24) is 15.0 Å². The van der Waals surface area contributed by atoms with Gasteiger partial charge in [0.1, 0.15) is 10.8 Å². The third-order valence-corrected chi connectivity index (χ3v) is 3.40. The van der Waals surface area contributed by atoms with Crippen molar-refractivity contribution in [2.45, 2.75) is 6.54 Å². The average Bonchev–Trinajstić information content (AvgIpc) is 3.10. The summed E-state index contributed by atoms with van der Waals surface area (Å²) < 4.78 is 0. The van der Waals surface area contributed by atoms with Crippen molar-refractivity contribution in [3.8, 4) is 10.6 Å². The summed E-state index contributed by atoms with van der Waals surface area (Å²) in [6, 6.07) is 8.26. The molecule has 2 heterocycles. The largest absolute Gasteiger partial charge is 0.378 e. The van der Waals surface area contributed by atoms with Gasteiger partial charge in [-0.05, 0) is 24.3 Å². The Morgan fingerprint density at radius 2 is 2.00 bits per heavy atom. The molecule has 0 saturated heterocycles. The number of hydrogen-bond acceptors (Lipinski definition) is 4. The Hall–Kier alpha value is -2.14. The number of rotatable bonds is 4. The fourth-order valence-electron chi connectivity index (χ4n) is 1.68. The van der Waals surface area contributed by atoms with E-state index < -0.39 is 0 Å². The number of benzene rings is 1. The molecule has 0 fully saturated rings. The second kappa shape index (κ2) is 5.01. The lowest BCUT2D eigenvalue weighted by molar-refractivity contribution is 1.00. The SMILES string of the molecule is c1c[nH]c(CNc2ccc(-c3nccs3)cc2)n1. The molecule has 4 nitrogen and oxygen atoms in total. The van der Waals surface area contributed by atoms with Crippen molar-refractivity contribution in [1.29, 1.82) is 0 Å². The summed E-state index contributed by atoms with van der Waals surface area (Å²) in [7, 11) is 0. The summed E-state index contributed by atoms with van der Waals surface area (Å²) in [5.74, 6) is 0.930. The van der Waals surface area contributed by atoms with Gasteiger partial charge in [0.25, 0.3) is 0 Å². The van der Waals surface area contributed by atoms with Crippen molar-refractivity contribution >= 4 is 17.0 Å². The van der Waals surface area contributed by atoms with Crippen molar-refractivity contribution in [3.63, 3.8) is 0 Å². The normalized spacial score (nSPS) is 10.4. The van der Waals surface area contributed by atoms with E-state index in [0.717, 1.165) is 22.1 Å². The van der Waals surface area contributed by atoms with E-state index in [4.69, 9.17) is 0 Å². The van der Waals surface area contributed by atoms with E-state index in [0.29, 0.717) is 6.54 Å². The molecule has 0 spiro atoms. The molecule has 0 bridgehead atoms. The highest BCUT2D eigenvalue weighted by atomic mass is 32.1. The molecule has 2 N–H and O–H groups in total. The summed E-state index contributed by atoms with van der Waals surface area (Å²) >= 11 is 1.65. The smallest absolute Gasteiger partial charge is 0.125 e. The first-order valence-electron chi connectivity index (χ1n) is 5.64. The molecule has 3 aromatic rings. The molecular formula is C13H12N4S. The van der Waals surface area contributed by atoms with Gasteiger partial charge in [0.05, 0.1) is 6.54 Å². The maximum atomic E-state index is 4.29. The van der Waals surface area contributed by atoms with Gasteiger partial charge in [-0.3, -0.25) is 0 Å². The van der Waals surface area contributed by atoms with Crippen LogP contribution in [0.1, 0.15) is 5.82 Å². The minimum absolute atomic E-state index is 0.698. The second-order valence-electron chi connectivity index (χ2n) is 3.80. The molecule has 0 unspecified atom stereocenters. The Kier molecular flexibility index (Phi) is 3.06. The van der Waals surface area contributed by atoms with Crippen molar-refractivity contribution in [2.75, 3.05) is 5.32 Å². The molecule has 0 aliphatic heterocycles. The summed E-state index contributed by atoms with van der Waals surface area (Å²) in [5, 5.41) is 6.34. The van der Waals surface area contributed by atoms with E-state index in [9.17, 15) is 0 Å². The van der Waals surface area contributed by atoms with Crippen LogP contribution in [0.3, 0.4) is 0 Å². The van der Waals surface area contributed by atoms with Gasteiger partial charge in [-0.15, -0.1) is 11.3 Å². The number of hydrogen-bond donors (Lipinski definition) is 2. The van der Waals surface area contributed by atoms with Crippen LogP contribution in [0.15, 0.2) is 48.2 Å². The van der Waals surface area contributed by atoms with E-state index in [-0.39, 0.29) is 0 Å². The van der Waals surface area contributed by atoms with Gasteiger partial charge in [0.15, 0.2) is 0 Å². The lowest BCUT2D eigenvalue weighted by Gasteiger charge is -2.05. The number of H-pyrrole nitrogens is 1. The van der Waals surface area contributed by atoms with E-state index in [1.807, 2.05) is 17.8 Å². The predicted octanol–water partition coefficient (Wildman–Crippen LogP) is 3.15. The monoisotopic (exact) mass is 256 g/mol. The molecule has 0 aliphatic carbocycles. The molecule has 3 rings (SSSR count). The summed E-state index contributed by atoms with van der Waals surface area (Å²) in [6.45, 7) is 0.698. The van der Waals surface area contributed by atoms with Gasteiger partial charge < -0.3 is 10.3 Å². The second-order valence-corrected chi connectivity index (χ2v) is 4.70. The summed E-state index contributed by atoms with van der Waals surface area (Å²) in [6.07, 6.45) is 5.40. The molecule has 0 atom stereocenters. The van der Waals surface area contributed by atoms with Crippen LogP contribution in [-0.2, 0) is 6.54 Å². The van der Waals surface area contributed by atoms with Crippen LogP contribution in [0.4, 0.5) is 5.69 Å². The quantitative estimate of drug-likeness (QED) is 0.754. The predicted molar refractivity (Wildman–Crippen MR) is 73.5 cm³/mol. The standard InChI is InChI=1S/C13H12N4S/c1-3-11(17-9-12-14-5-6-15-12)4-2-10(1)13-16-7-8-18-13/h1-8,17H,9H2,(H,14,15). The Bertz CT molecular complexity index is 584. The number of nitrogens with zero attached hydrogens (tertiary/aromatic N) is 2. The lowest BCUT2D eigenvalue weighted by atomic mass is 10.2. The van der Waals surface area contributed by atoms with Crippen LogP contribution in [0.5, 0.6) is 0 Å². The molecular weight excluding hydrogens is 244 g/mol. The third kappa shape index (κ3) is 2.41. The Morgan fingerprint density at radius 1 is 1.11 bits per heavy atom. The fraction of sp³-hybridized carbons (Fsp3) is 0.0769. The number of aromatic amines is 1. The van der Waals surface area contributed by atoms with Gasteiger partial charge in [-0.25, -0.2) is 9.97 Å². The van der Waals surface area contributed by atoms with Crippen molar-refractivity contribution in [2.24, 2.45) is 0 Å². The Balaban J connectivity index is 1.68. The number of imidazole rings is 1. The molecule has 0 amide bonds. The van der Waals surface area contributed by atoms with Gasteiger partial charge in [0.2, 0.25) is 0 Å². The Labute approximate surface area is 109 Å². The van der Waals surface area contributed by atoms with Gasteiger partial charge >= 0.3 is 0 Å². The lowest BCUT2D eigenvalue weighted by Crippen LogP contribution is -2.00. The number of thiazole rings is 1. The molecule has 18 heavy (non-hydrogen) atoms. The summed E-state index contributed by atoms with van der Waals surface area (Å²) in [5.41, 5.74) is 2.22. The highest BCUT2D eigenvalue weighted by Crippen LogP contribution is 2.23. The van der Waals surface area contributed by atoms with E-state index in [2.05, 4.69) is 44.5 Å². The van der Waals surface area contributed by atoms with Gasteiger partial charge in [-0.2, -0.15) is 0 Å². The van der Waals surface area contributed by atoms with E-state index >= 15 is 0 Å². The van der Waals surface area contributed by atoms with Crippen LogP contribution in [0.2, 0.25) is 0 Å². The molecule has 2 aromatic heterocycles. The minimum atomic E-state index is 0.698. The average molecular weight is 256 g/mol. The fourth-order valence-corrected chi connectivity index (χ4v) is 2.32. The minimum Gasteiger partial charge on any atom is -0.378 e. The molecule has 1 aromatic carbocycles. The molecule has 90 valence electrons.